The number of likely N-dealkylation sites (N-methyl/N-ethyl adjacent to an activating group) is 1. The minimum absolute atomic E-state index is 0.625. The van der Waals surface area contributed by atoms with E-state index in [1.54, 1.807) is 0 Å². The van der Waals surface area contributed by atoms with E-state index in [0.717, 1.165) is 25.7 Å². The smallest absolute Gasteiger partial charge is 0.0231 e. The molecule has 0 atom stereocenters. The lowest BCUT2D eigenvalue weighted by atomic mass is 10.0. The fourth-order valence-corrected chi connectivity index (χ4v) is 2.15. The Morgan fingerprint density at radius 2 is 1.89 bits per heavy atom. The number of hydrogen-bond donors (Lipinski definition) is 1. The van der Waals surface area contributed by atoms with E-state index in [0.29, 0.717) is 5.92 Å². The molecule has 0 saturated heterocycles. The molecule has 0 aliphatic heterocycles. The Labute approximate surface area is 111 Å². The van der Waals surface area contributed by atoms with Crippen LogP contribution in [-0.2, 0) is 6.54 Å². The highest BCUT2D eigenvalue weighted by atomic mass is 15.1. The Balaban J connectivity index is 1.73. The summed E-state index contributed by atoms with van der Waals surface area (Å²) < 4.78 is 0. The summed E-state index contributed by atoms with van der Waals surface area (Å²) in [6.45, 7) is 7.77. The Hall–Kier alpha value is -0.860. The van der Waals surface area contributed by atoms with Crippen molar-refractivity contribution in [3.8, 4) is 0 Å². The minimum atomic E-state index is 0.625. The summed E-state index contributed by atoms with van der Waals surface area (Å²) in [5, 5.41) is 3.56. The average molecular weight is 246 g/mol. The molecule has 0 radical (unpaired) electrons. The second kappa shape index (κ2) is 6.35. The van der Waals surface area contributed by atoms with Crippen LogP contribution in [0.15, 0.2) is 24.3 Å². The van der Waals surface area contributed by atoms with Crippen LogP contribution in [0.25, 0.3) is 0 Å². The van der Waals surface area contributed by atoms with Crippen LogP contribution in [0.2, 0.25) is 0 Å². The quantitative estimate of drug-likeness (QED) is 0.795. The van der Waals surface area contributed by atoms with Crippen molar-refractivity contribution in [1.29, 1.82) is 0 Å². The van der Waals surface area contributed by atoms with Gasteiger partial charge in [-0.2, -0.15) is 0 Å². The van der Waals surface area contributed by atoms with E-state index in [4.69, 9.17) is 0 Å². The third-order valence-corrected chi connectivity index (χ3v) is 3.60. The van der Waals surface area contributed by atoms with Crippen molar-refractivity contribution in [1.82, 2.24) is 10.2 Å². The van der Waals surface area contributed by atoms with Crippen molar-refractivity contribution >= 4 is 0 Å². The minimum Gasteiger partial charge on any atom is -0.313 e. The standard InChI is InChI=1S/C16H26N2/c1-13(2)15-6-4-14(5-7-15)12-18(3)11-10-17-16-8-9-16/h4-7,13,16-17H,8-12H2,1-3H3. The van der Waals surface area contributed by atoms with E-state index >= 15 is 0 Å². The summed E-state index contributed by atoms with van der Waals surface area (Å²) >= 11 is 0. The van der Waals surface area contributed by atoms with Crippen LogP contribution in [0.1, 0.15) is 43.7 Å². The summed E-state index contributed by atoms with van der Waals surface area (Å²) in [7, 11) is 2.20. The van der Waals surface area contributed by atoms with E-state index in [-0.39, 0.29) is 0 Å². The van der Waals surface area contributed by atoms with Gasteiger partial charge in [-0.3, -0.25) is 0 Å². The van der Waals surface area contributed by atoms with Gasteiger partial charge in [0.25, 0.3) is 0 Å². The third-order valence-electron chi connectivity index (χ3n) is 3.60. The molecule has 0 amide bonds. The third kappa shape index (κ3) is 4.43. The molecule has 100 valence electrons. The zero-order valence-electron chi connectivity index (χ0n) is 11.9. The van der Waals surface area contributed by atoms with Gasteiger partial charge in [-0.1, -0.05) is 38.1 Å². The molecule has 0 heterocycles. The zero-order valence-corrected chi connectivity index (χ0v) is 11.9. The number of hydrogen-bond acceptors (Lipinski definition) is 2. The molecule has 1 aliphatic carbocycles. The average Bonchev–Trinajstić information content (AvgIpc) is 3.13. The van der Waals surface area contributed by atoms with Gasteiger partial charge in [0.15, 0.2) is 0 Å². The van der Waals surface area contributed by atoms with Crippen LogP contribution in [0.3, 0.4) is 0 Å². The van der Waals surface area contributed by atoms with Gasteiger partial charge >= 0.3 is 0 Å². The van der Waals surface area contributed by atoms with Gasteiger partial charge in [-0.05, 0) is 36.9 Å². The fraction of sp³-hybridized carbons (Fsp3) is 0.625. The number of nitrogens with one attached hydrogen (secondary N) is 1. The Bertz CT molecular complexity index is 352. The van der Waals surface area contributed by atoms with Crippen molar-refractivity contribution in [2.75, 3.05) is 20.1 Å². The second-order valence-electron chi connectivity index (χ2n) is 5.86. The highest BCUT2D eigenvalue weighted by Gasteiger charge is 2.19. The molecule has 1 saturated carbocycles. The number of rotatable bonds is 7. The summed E-state index contributed by atoms with van der Waals surface area (Å²) in [5.74, 6) is 0.625. The lowest BCUT2D eigenvalue weighted by Crippen LogP contribution is -2.30. The Kier molecular flexibility index (Phi) is 4.79. The molecule has 1 aliphatic rings. The van der Waals surface area contributed by atoms with Crippen LogP contribution < -0.4 is 5.32 Å². The molecular weight excluding hydrogens is 220 g/mol. The summed E-state index contributed by atoms with van der Waals surface area (Å²) in [6, 6.07) is 9.87. The lowest BCUT2D eigenvalue weighted by molar-refractivity contribution is 0.324. The van der Waals surface area contributed by atoms with Crippen LogP contribution >= 0.6 is 0 Å². The molecule has 0 aromatic heterocycles. The first kappa shape index (κ1) is 13.6. The lowest BCUT2D eigenvalue weighted by Gasteiger charge is -2.17. The number of benzene rings is 1. The summed E-state index contributed by atoms with van der Waals surface area (Å²) in [4.78, 5) is 2.39. The number of nitrogens with zero attached hydrogens (tertiary/aromatic N) is 1. The first-order chi connectivity index (χ1) is 8.65. The summed E-state index contributed by atoms with van der Waals surface area (Å²) in [6.07, 6.45) is 2.75. The topological polar surface area (TPSA) is 15.3 Å². The molecular formula is C16H26N2. The Morgan fingerprint density at radius 1 is 1.22 bits per heavy atom. The van der Waals surface area contributed by atoms with E-state index in [1.807, 2.05) is 0 Å². The van der Waals surface area contributed by atoms with Gasteiger partial charge in [0, 0.05) is 25.7 Å². The second-order valence-corrected chi connectivity index (χ2v) is 5.86. The normalized spacial score (nSPS) is 15.6. The first-order valence-electron chi connectivity index (χ1n) is 7.16. The van der Waals surface area contributed by atoms with Crippen LogP contribution in [-0.4, -0.2) is 31.1 Å². The molecule has 1 fully saturated rings. The molecule has 2 heteroatoms. The van der Waals surface area contributed by atoms with Crippen LogP contribution in [0.4, 0.5) is 0 Å². The van der Waals surface area contributed by atoms with Gasteiger partial charge < -0.3 is 10.2 Å². The zero-order chi connectivity index (χ0) is 13.0. The highest BCUT2D eigenvalue weighted by Crippen LogP contribution is 2.18. The molecule has 0 spiro atoms. The maximum atomic E-state index is 3.56. The maximum Gasteiger partial charge on any atom is 0.0231 e. The van der Waals surface area contributed by atoms with E-state index in [1.165, 1.54) is 24.0 Å². The molecule has 18 heavy (non-hydrogen) atoms. The van der Waals surface area contributed by atoms with Gasteiger partial charge in [0.05, 0.1) is 0 Å². The monoisotopic (exact) mass is 246 g/mol. The summed E-state index contributed by atoms with van der Waals surface area (Å²) in [5.41, 5.74) is 2.84. The SMILES string of the molecule is CC(C)c1ccc(CN(C)CCNC2CC2)cc1. The predicted octanol–water partition coefficient (Wildman–Crippen LogP) is 2.99. The highest BCUT2D eigenvalue weighted by molar-refractivity contribution is 5.24. The van der Waals surface area contributed by atoms with Crippen molar-refractivity contribution < 1.29 is 0 Å². The molecule has 2 nitrogen and oxygen atoms in total. The van der Waals surface area contributed by atoms with Crippen molar-refractivity contribution in [3.05, 3.63) is 35.4 Å². The Morgan fingerprint density at radius 3 is 2.44 bits per heavy atom. The van der Waals surface area contributed by atoms with Crippen molar-refractivity contribution in [2.24, 2.45) is 0 Å². The predicted molar refractivity (Wildman–Crippen MR) is 77.9 cm³/mol. The molecule has 1 aromatic carbocycles. The van der Waals surface area contributed by atoms with Gasteiger partial charge in [0.2, 0.25) is 0 Å². The van der Waals surface area contributed by atoms with E-state index in [2.05, 4.69) is 55.4 Å². The molecule has 0 unspecified atom stereocenters. The molecule has 1 N–H and O–H groups in total. The van der Waals surface area contributed by atoms with Crippen molar-refractivity contribution in [2.45, 2.75) is 45.2 Å². The first-order valence-corrected chi connectivity index (χ1v) is 7.16. The molecule has 2 rings (SSSR count). The van der Waals surface area contributed by atoms with E-state index in [9.17, 15) is 0 Å². The van der Waals surface area contributed by atoms with Gasteiger partial charge in [-0.25, -0.2) is 0 Å². The largest absolute Gasteiger partial charge is 0.313 e. The molecule has 0 bridgehead atoms. The van der Waals surface area contributed by atoms with Crippen LogP contribution in [0, 0.1) is 0 Å². The fourth-order valence-electron chi connectivity index (χ4n) is 2.15. The maximum absolute atomic E-state index is 3.56. The van der Waals surface area contributed by atoms with Crippen LogP contribution in [0.5, 0.6) is 0 Å². The van der Waals surface area contributed by atoms with Gasteiger partial charge in [0.1, 0.15) is 0 Å². The molecule has 1 aromatic rings. The van der Waals surface area contributed by atoms with Gasteiger partial charge in [-0.15, -0.1) is 0 Å². The van der Waals surface area contributed by atoms with E-state index < -0.39 is 0 Å². The van der Waals surface area contributed by atoms with Crippen molar-refractivity contribution in [3.63, 3.8) is 0 Å².